The molecule has 0 aliphatic carbocycles. The molecule has 0 spiro atoms. The highest BCUT2D eigenvalue weighted by atomic mass is 35.5. The van der Waals surface area contributed by atoms with Crippen LogP contribution in [-0.4, -0.2) is 32.5 Å². The van der Waals surface area contributed by atoms with Crippen LogP contribution in [0.25, 0.3) is 10.9 Å². The van der Waals surface area contributed by atoms with E-state index in [-0.39, 0.29) is 28.0 Å². The number of aryl methyl sites for hydroxylation is 1. The van der Waals surface area contributed by atoms with Gasteiger partial charge in [-0.25, -0.2) is 9.78 Å². The van der Waals surface area contributed by atoms with Gasteiger partial charge in [0.1, 0.15) is 5.56 Å². The smallest absolute Gasteiger partial charge is 0.341 e. The van der Waals surface area contributed by atoms with Crippen LogP contribution in [0, 0.1) is 6.92 Å². The van der Waals surface area contributed by atoms with Crippen LogP contribution in [0.2, 0.25) is 5.15 Å². The molecule has 0 saturated carbocycles. The van der Waals surface area contributed by atoms with Crippen LogP contribution < -0.4 is 4.74 Å². The second kappa shape index (κ2) is 6.21. The Morgan fingerprint density at radius 1 is 1.21 bits per heavy atom. The highest BCUT2D eigenvalue weighted by molar-refractivity contribution is 6.29. The van der Waals surface area contributed by atoms with E-state index >= 15 is 0 Å². The lowest BCUT2D eigenvalue weighted by Crippen LogP contribution is -2.05. The second-order valence-electron chi connectivity index (χ2n) is 4.99. The molecule has 0 atom stereocenters. The molecule has 2 heterocycles. The molecule has 1 aromatic carbocycles. The zero-order valence-corrected chi connectivity index (χ0v) is 13.1. The number of pyridine rings is 1. The van der Waals surface area contributed by atoms with E-state index in [1.54, 1.807) is 6.07 Å². The fourth-order valence-electron chi connectivity index (χ4n) is 2.12. The normalized spacial score (nSPS) is 10.6. The number of hydrogen-bond donors (Lipinski definition) is 1. The summed E-state index contributed by atoms with van der Waals surface area (Å²) >= 11 is 5.65. The summed E-state index contributed by atoms with van der Waals surface area (Å²) in [5.74, 6) is -1.64. The Bertz CT molecular complexity index is 975. The molecule has 0 amide bonds. The van der Waals surface area contributed by atoms with E-state index in [9.17, 15) is 14.7 Å². The van der Waals surface area contributed by atoms with E-state index in [4.69, 9.17) is 16.3 Å². The number of carboxylic acids is 1. The number of carbonyl (C=O) groups excluding carboxylic acids is 1. The number of halogens is 1. The Morgan fingerprint density at radius 3 is 2.71 bits per heavy atom. The van der Waals surface area contributed by atoms with Crippen molar-refractivity contribution < 1.29 is 19.4 Å². The third-order valence-corrected chi connectivity index (χ3v) is 3.43. The summed E-state index contributed by atoms with van der Waals surface area (Å²) in [6.07, 6.45) is 0.575. The Hall–Kier alpha value is -3.06. The van der Waals surface area contributed by atoms with Crippen LogP contribution in [0.3, 0.4) is 0 Å². The number of rotatable bonds is 4. The molecule has 7 nitrogen and oxygen atoms in total. The molecule has 0 unspecified atom stereocenters. The van der Waals surface area contributed by atoms with Crippen molar-refractivity contribution in [1.82, 2.24) is 15.2 Å². The number of benzene rings is 1. The van der Waals surface area contributed by atoms with Crippen molar-refractivity contribution in [1.29, 1.82) is 0 Å². The minimum atomic E-state index is -1.29. The summed E-state index contributed by atoms with van der Waals surface area (Å²) in [4.78, 5) is 26.9. The van der Waals surface area contributed by atoms with E-state index in [1.807, 2.05) is 25.1 Å². The number of aldehydes is 1. The number of nitrogens with zero attached hydrogens (tertiary/aromatic N) is 3. The minimum Gasteiger partial charge on any atom is -0.477 e. The first-order valence-corrected chi connectivity index (χ1v) is 7.16. The van der Waals surface area contributed by atoms with Gasteiger partial charge >= 0.3 is 5.97 Å². The molecule has 0 fully saturated rings. The average Bonchev–Trinajstić information content (AvgIpc) is 2.55. The number of hydrogen-bond acceptors (Lipinski definition) is 6. The predicted octanol–water partition coefficient (Wildman–Crippen LogP) is 3.29. The number of fused-ring (bicyclic) bond motifs is 1. The summed E-state index contributed by atoms with van der Waals surface area (Å²) < 4.78 is 5.44. The van der Waals surface area contributed by atoms with E-state index in [0.29, 0.717) is 11.8 Å². The van der Waals surface area contributed by atoms with Gasteiger partial charge in [-0.2, -0.15) is 0 Å². The Morgan fingerprint density at radius 2 is 2.00 bits per heavy atom. The number of carboxylic acid groups (broad SMARTS) is 1. The Labute approximate surface area is 140 Å². The van der Waals surface area contributed by atoms with E-state index in [2.05, 4.69) is 15.2 Å². The molecule has 2 aromatic heterocycles. The quantitative estimate of drug-likeness (QED) is 0.725. The zero-order valence-electron chi connectivity index (χ0n) is 12.4. The lowest BCUT2D eigenvalue weighted by Gasteiger charge is -2.09. The van der Waals surface area contributed by atoms with E-state index in [1.165, 1.54) is 0 Å². The first kappa shape index (κ1) is 15.8. The molecule has 24 heavy (non-hydrogen) atoms. The van der Waals surface area contributed by atoms with Gasteiger partial charge in [0.15, 0.2) is 11.4 Å². The summed E-state index contributed by atoms with van der Waals surface area (Å²) in [5.41, 5.74) is 1.48. The fraction of sp³-hybridized carbons (Fsp3) is 0.0625. The molecule has 3 aromatic rings. The second-order valence-corrected chi connectivity index (χ2v) is 5.38. The van der Waals surface area contributed by atoms with Crippen LogP contribution in [0.15, 0.2) is 30.3 Å². The summed E-state index contributed by atoms with van der Waals surface area (Å²) in [6, 6.07) is 8.26. The van der Waals surface area contributed by atoms with Crippen LogP contribution in [0.4, 0.5) is 0 Å². The molecule has 120 valence electrons. The maximum Gasteiger partial charge on any atom is 0.341 e. The molecule has 8 heteroatoms. The molecule has 0 saturated heterocycles. The summed E-state index contributed by atoms with van der Waals surface area (Å²) in [6.45, 7) is 1.91. The SMILES string of the molecule is Cc1ccc2cc(C=O)c(Oc3nnc(Cl)cc3C(=O)O)nc2c1. The minimum absolute atomic E-state index is 0.0535. The predicted molar refractivity (Wildman–Crippen MR) is 85.9 cm³/mol. The fourth-order valence-corrected chi connectivity index (χ4v) is 2.27. The summed E-state index contributed by atoms with van der Waals surface area (Å²) in [7, 11) is 0. The van der Waals surface area contributed by atoms with Crippen LogP contribution >= 0.6 is 11.6 Å². The number of aromatic nitrogens is 3. The van der Waals surface area contributed by atoms with Crippen molar-refractivity contribution in [3.8, 4) is 11.8 Å². The van der Waals surface area contributed by atoms with Crippen LogP contribution in [0.1, 0.15) is 26.3 Å². The maximum absolute atomic E-state index is 11.3. The highest BCUT2D eigenvalue weighted by Gasteiger charge is 2.18. The van der Waals surface area contributed by atoms with Crippen molar-refractivity contribution in [2.24, 2.45) is 0 Å². The number of aromatic carboxylic acids is 1. The van der Waals surface area contributed by atoms with Gasteiger partial charge in [-0.3, -0.25) is 4.79 Å². The lowest BCUT2D eigenvalue weighted by molar-refractivity contribution is 0.0693. The van der Waals surface area contributed by atoms with Gasteiger partial charge in [0.25, 0.3) is 5.88 Å². The number of ether oxygens (including phenoxy) is 1. The van der Waals surface area contributed by atoms with E-state index in [0.717, 1.165) is 17.0 Å². The molecule has 0 bridgehead atoms. The third-order valence-electron chi connectivity index (χ3n) is 3.25. The van der Waals surface area contributed by atoms with Gasteiger partial charge in [0.05, 0.1) is 11.1 Å². The van der Waals surface area contributed by atoms with Crippen LogP contribution in [0.5, 0.6) is 11.8 Å². The molecule has 1 N–H and O–H groups in total. The molecular formula is C16H10ClN3O4. The maximum atomic E-state index is 11.3. The van der Waals surface area contributed by atoms with Crippen molar-refractivity contribution in [3.05, 3.63) is 52.2 Å². The van der Waals surface area contributed by atoms with Gasteiger partial charge < -0.3 is 9.84 Å². The first-order chi connectivity index (χ1) is 11.5. The zero-order chi connectivity index (χ0) is 17.3. The number of carbonyl (C=O) groups is 2. The average molecular weight is 344 g/mol. The van der Waals surface area contributed by atoms with Crippen molar-refractivity contribution >= 4 is 34.8 Å². The highest BCUT2D eigenvalue weighted by Crippen LogP contribution is 2.28. The largest absolute Gasteiger partial charge is 0.477 e. The molecule has 0 radical (unpaired) electrons. The van der Waals surface area contributed by atoms with E-state index < -0.39 is 5.97 Å². The Balaban J connectivity index is 2.13. The first-order valence-electron chi connectivity index (χ1n) is 6.79. The van der Waals surface area contributed by atoms with Gasteiger partial charge in [-0.1, -0.05) is 23.7 Å². The third kappa shape index (κ3) is 3.02. The van der Waals surface area contributed by atoms with Crippen LogP contribution in [-0.2, 0) is 0 Å². The van der Waals surface area contributed by atoms with Crippen molar-refractivity contribution in [2.45, 2.75) is 6.92 Å². The van der Waals surface area contributed by atoms with Crippen molar-refractivity contribution in [2.75, 3.05) is 0 Å². The summed E-state index contributed by atoms with van der Waals surface area (Å²) in [5, 5.41) is 17.1. The Kier molecular flexibility index (Phi) is 4.09. The topological polar surface area (TPSA) is 102 Å². The van der Waals surface area contributed by atoms with Gasteiger partial charge in [0.2, 0.25) is 5.88 Å². The van der Waals surface area contributed by atoms with Crippen molar-refractivity contribution in [3.63, 3.8) is 0 Å². The lowest BCUT2D eigenvalue weighted by atomic mass is 10.1. The van der Waals surface area contributed by atoms with Gasteiger partial charge in [-0.15, -0.1) is 10.2 Å². The standard InChI is InChI=1S/C16H10ClN3O4/c1-8-2-3-9-5-10(7-21)14(18-12(9)4-8)24-15-11(16(22)23)6-13(17)19-20-15/h2-7H,1H3,(H,22,23). The molecule has 0 aliphatic rings. The molecule has 3 rings (SSSR count). The van der Waals surface area contributed by atoms with Gasteiger partial charge in [0, 0.05) is 5.39 Å². The van der Waals surface area contributed by atoms with Gasteiger partial charge in [-0.05, 0) is 30.7 Å². The molecular weight excluding hydrogens is 334 g/mol. The monoisotopic (exact) mass is 343 g/mol. The molecule has 0 aliphatic heterocycles.